The standard InChI is InChI=1S/C38H27N/c1-38(2)32-18-10-8-14-26(32)30-22-25(20-21-33(30)38)35-27-15-6-7-16-28(27)36(24-12-4-3-5-13-24)37-29-17-9-11-19-34(29)39-23-31(35)37/h3-23H,1-2H3. The van der Waals surface area contributed by atoms with Gasteiger partial charge in [0.05, 0.1) is 5.52 Å². The van der Waals surface area contributed by atoms with Gasteiger partial charge in [-0.05, 0) is 67.4 Å². The van der Waals surface area contributed by atoms with Gasteiger partial charge in [0.15, 0.2) is 0 Å². The van der Waals surface area contributed by atoms with Gasteiger partial charge in [0.1, 0.15) is 0 Å². The van der Waals surface area contributed by atoms with Crippen molar-refractivity contribution in [1.82, 2.24) is 4.98 Å². The second-order valence-corrected chi connectivity index (χ2v) is 11.2. The van der Waals surface area contributed by atoms with Gasteiger partial charge in [0.2, 0.25) is 0 Å². The van der Waals surface area contributed by atoms with E-state index in [9.17, 15) is 0 Å². The molecule has 0 unspecified atom stereocenters. The van der Waals surface area contributed by atoms with Crippen LogP contribution in [0.3, 0.4) is 0 Å². The maximum atomic E-state index is 4.97. The molecule has 0 atom stereocenters. The van der Waals surface area contributed by atoms with E-state index in [1.165, 1.54) is 71.4 Å². The van der Waals surface area contributed by atoms with Gasteiger partial charge in [-0.2, -0.15) is 0 Å². The van der Waals surface area contributed by atoms with Crippen LogP contribution in [-0.2, 0) is 5.41 Å². The highest BCUT2D eigenvalue weighted by Crippen LogP contribution is 2.51. The fourth-order valence-corrected chi connectivity index (χ4v) is 6.89. The van der Waals surface area contributed by atoms with Crippen LogP contribution in [0.2, 0.25) is 0 Å². The van der Waals surface area contributed by atoms with Gasteiger partial charge in [0, 0.05) is 27.8 Å². The molecule has 0 N–H and O–H groups in total. The topological polar surface area (TPSA) is 12.9 Å². The summed E-state index contributed by atoms with van der Waals surface area (Å²) in [4.78, 5) is 4.97. The molecule has 0 amide bonds. The molecule has 0 aliphatic heterocycles. The summed E-state index contributed by atoms with van der Waals surface area (Å²) in [5, 5.41) is 6.17. The van der Waals surface area contributed by atoms with Crippen LogP contribution in [-0.4, -0.2) is 4.98 Å². The Morgan fingerprint density at radius 2 is 1.13 bits per heavy atom. The summed E-state index contributed by atoms with van der Waals surface area (Å²) in [6.45, 7) is 4.68. The van der Waals surface area contributed by atoms with Crippen molar-refractivity contribution in [2.75, 3.05) is 0 Å². The molecule has 7 aromatic rings. The molecular formula is C38H27N. The van der Waals surface area contributed by atoms with Crippen molar-refractivity contribution in [1.29, 1.82) is 0 Å². The molecule has 1 nitrogen and oxygen atoms in total. The molecule has 0 saturated carbocycles. The lowest BCUT2D eigenvalue weighted by Crippen LogP contribution is -2.14. The summed E-state index contributed by atoms with van der Waals surface area (Å²) >= 11 is 0. The van der Waals surface area contributed by atoms with E-state index in [2.05, 4.69) is 141 Å². The maximum Gasteiger partial charge on any atom is 0.0708 e. The molecule has 1 heteroatoms. The summed E-state index contributed by atoms with van der Waals surface area (Å²) in [5.74, 6) is 0. The van der Waals surface area contributed by atoms with E-state index in [1.54, 1.807) is 0 Å². The molecule has 0 bridgehead atoms. The van der Waals surface area contributed by atoms with Crippen LogP contribution in [0.4, 0.5) is 0 Å². The van der Waals surface area contributed by atoms with Crippen molar-refractivity contribution in [3.05, 3.63) is 139 Å². The zero-order valence-corrected chi connectivity index (χ0v) is 22.1. The van der Waals surface area contributed by atoms with E-state index in [1.807, 2.05) is 0 Å². The average Bonchev–Trinajstić information content (AvgIpc) is 3.22. The van der Waals surface area contributed by atoms with Gasteiger partial charge in [0.25, 0.3) is 0 Å². The molecule has 0 spiro atoms. The third-order valence-corrected chi connectivity index (χ3v) is 8.70. The fraction of sp³-hybridized carbons (Fsp3) is 0.0789. The first-order chi connectivity index (χ1) is 19.1. The van der Waals surface area contributed by atoms with Crippen molar-refractivity contribution < 1.29 is 0 Å². The number of hydrogen-bond acceptors (Lipinski definition) is 1. The summed E-state index contributed by atoms with van der Waals surface area (Å²) in [6, 6.07) is 44.2. The van der Waals surface area contributed by atoms with Crippen LogP contribution in [0.15, 0.2) is 128 Å². The summed E-state index contributed by atoms with van der Waals surface area (Å²) < 4.78 is 0. The molecule has 6 aromatic carbocycles. The Bertz CT molecular complexity index is 2080. The normalized spacial score (nSPS) is 13.6. The van der Waals surface area contributed by atoms with Crippen LogP contribution < -0.4 is 0 Å². The minimum absolute atomic E-state index is 0.0104. The van der Waals surface area contributed by atoms with Crippen molar-refractivity contribution >= 4 is 32.4 Å². The number of nitrogens with zero attached hydrogens (tertiary/aromatic N) is 1. The fourth-order valence-electron chi connectivity index (χ4n) is 6.89. The first-order valence-corrected chi connectivity index (χ1v) is 13.7. The lowest BCUT2D eigenvalue weighted by Gasteiger charge is -2.22. The minimum Gasteiger partial charge on any atom is -0.256 e. The second-order valence-electron chi connectivity index (χ2n) is 11.2. The second kappa shape index (κ2) is 8.12. The van der Waals surface area contributed by atoms with Crippen LogP contribution in [0, 0.1) is 0 Å². The quantitative estimate of drug-likeness (QED) is 0.171. The van der Waals surface area contributed by atoms with E-state index in [0.29, 0.717) is 0 Å². The van der Waals surface area contributed by atoms with Gasteiger partial charge in [-0.1, -0.05) is 123 Å². The van der Waals surface area contributed by atoms with E-state index in [-0.39, 0.29) is 5.41 Å². The van der Waals surface area contributed by atoms with Crippen LogP contribution >= 0.6 is 0 Å². The number of fused-ring (bicyclic) bond motifs is 7. The van der Waals surface area contributed by atoms with E-state index in [0.717, 1.165) is 5.52 Å². The molecule has 1 aliphatic carbocycles. The van der Waals surface area contributed by atoms with E-state index >= 15 is 0 Å². The lowest BCUT2D eigenvalue weighted by molar-refractivity contribution is 0.660. The zero-order valence-electron chi connectivity index (χ0n) is 22.1. The van der Waals surface area contributed by atoms with Crippen LogP contribution in [0.1, 0.15) is 25.0 Å². The molecule has 184 valence electrons. The number of aromatic nitrogens is 1. The molecule has 1 heterocycles. The van der Waals surface area contributed by atoms with E-state index < -0.39 is 0 Å². The monoisotopic (exact) mass is 497 g/mol. The molecule has 0 fully saturated rings. The number of benzene rings is 6. The first-order valence-electron chi connectivity index (χ1n) is 13.7. The molecule has 1 aliphatic rings. The van der Waals surface area contributed by atoms with Crippen molar-refractivity contribution in [3.8, 4) is 33.4 Å². The molecule has 1 aromatic heterocycles. The minimum atomic E-state index is -0.0104. The number of pyridine rings is 1. The third-order valence-electron chi connectivity index (χ3n) is 8.70. The Hall–Kier alpha value is -4.75. The Morgan fingerprint density at radius 3 is 1.95 bits per heavy atom. The SMILES string of the molecule is CC1(C)c2ccccc2-c2cc(-c3c4ccccc4c(-c4ccccc4)c4c3cnc3ccccc34)ccc21. The van der Waals surface area contributed by atoms with Gasteiger partial charge in [-0.3, -0.25) is 4.98 Å². The van der Waals surface area contributed by atoms with Crippen molar-refractivity contribution in [2.45, 2.75) is 19.3 Å². The van der Waals surface area contributed by atoms with Gasteiger partial charge in [-0.15, -0.1) is 0 Å². The zero-order chi connectivity index (χ0) is 26.1. The van der Waals surface area contributed by atoms with Crippen molar-refractivity contribution in [2.24, 2.45) is 0 Å². The molecule has 8 rings (SSSR count). The van der Waals surface area contributed by atoms with E-state index in [4.69, 9.17) is 4.98 Å². The highest BCUT2D eigenvalue weighted by Gasteiger charge is 2.35. The van der Waals surface area contributed by atoms with Gasteiger partial charge >= 0.3 is 0 Å². The number of rotatable bonds is 2. The van der Waals surface area contributed by atoms with Crippen LogP contribution in [0.25, 0.3) is 65.8 Å². The Morgan fingerprint density at radius 1 is 0.487 bits per heavy atom. The summed E-state index contributed by atoms with van der Waals surface area (Å²) in [5.41, 5.74) is 11.5. The Kier molecular flexibility index (Phi) is 4.63. The molecule has 39 heavy (non-hydrogen) atoms. The smallest absolute Gasteiger partial charge is 0.0708 e. The highest BCUT2D eigenvalue weighted by molar-refractivity contribution is 6.27. The Balaban J connectivity index is 1.54. The summed E-state index contributed by atoms with van der Waals surface area (Å²) in [6.07, 6.45) is 2.09. The predicted octanol–water partition coefficient (Wildman–Crippen LogP) is 10.2. The summed E-state index contributed by atoms with van der Waals surface area (Å²) in [7, 11) is 0. The molecule has 0 radical (unpaired) electrons. The van der Waals surface area contributed by atoms with Gasteiger partial charge < -0.3 is 0 Å². The molecular weight excluding hydrogens is 470 g/mol. The average molecular weight is 498 g/mol. The Labute approximate surface area is 228 Å². The third kappa shape index (κ3) is 3.11. The van der Waals surface area contributed by atoms with Crippen molar-refractivity contribution in [3.63, 3.8) is 0 Å². The van der Waals surface area contributed by atoms with Gasteiger partial charge in [-0.25, -0.2) is 0 Å². The molecule has 0 saturated heterocycles. The largest absolute Gasteiger partial charge is 0.256 e. The number of para-hydroxylation sites is 1. The number of hydrogen-bond donors (Lipinski definition) is 0. The lowest BCUT2D eigenvalue weighted by atomic mass is 9.81. The maximum absolute atomic E-state index is 4.97. The first kappa shape index (κ1) is 22.3. The highest BCUT2D eigenvalue weighted by atomic mass is 14.7. The predicted molar refractivity (Wildman–Crippen MR) is 165 cm³/mol. The van der Waals surface area contributed by atoms with Crippen LogP contribution in [0.5, 0.6) is 0 Å².